The molecule has 1 unspecified atom stereocenters. The van der Waals surface area contributed by atoms with E-state index in [1.807, 2.05) is 36.1 Å². The van der Waals surface area contributed by atoms with E-state index in [-0.39, 0.29) is 17.7 Å². The molecule has 140 valence electrons. The Labute approximate surface area is 154 Å². The lowest BCUT2D eigenvalue weighted by Gasteiger charge is -2.36. The van der Waals surface area contributed by atoms with Crippen LogP contribution in [0.3, 0.4) is 0 Å². The second-order valence-electron chi connectivity index (χ2n) is 6.92. The topological polar surface area (TPSA) is 69.7 Å². The van der Waals surface area contributed by atoms with Crippen molar-refractivity contribution in [2.75, 3.05) is 26.2 Å². The number of likely N-dealkylation sites (tertiary alicyclic amines) is 1. The fourth-order valence-corrected chi connectivity index (χ4v) is 3.84. The Morgan fingerprint density at radius 3 is 2.73 bits per heavy atom. The summed E-state index contributed by atoms with van der Waals surface area (Å²) in [4.78, 5) is 40.4. The van der Waals surface area contributed by atoms with Crippen molar-refractivity contribution in [3.8, 4) is 0 Å². The molecular weight excluding hydrogens is 330 g/mol. The highest BCUT2D eigenvalue weighted by atomic mass is 16.2. The van der Waals surface area contributed by atoms with Gasteiger partial charge in [0, 0.05) is 39.0 Å². The second kappa shape index (κ2) is 8.34. The molecular formula is C20H27N3O3. The van der Waals surface area contributed by atoms with Crippen molar-refractivity contribution in [1.29, 1.82) is 0 Å². The molecule has 1 N–H and O–H groups in total. The van der Waals surface area contributed by atoms with E-state index in [0.717, 1.165) is 36.9 Å². The number of nitrogens with one attached hydrogen (secondary N) is 1. The van der Waals surface area contributed by atoms with Gasteiger partial charge >= 0.3 is 0 Å². The Balaban J connectivity index is 1.62. The summed E-state index contributed by atoms with van der Waals surface area (Å²) in [5.74, 6) is 0.0752. The van der Waals surface area contributed by atoms with Crippen molar-refractivity contribution in [3.05, 3.63) is 35.4 Å². The molecule has 2 heterocycles. The fraction of sp³-hybridized carbons (Fsp3) is 0.550. The molecule has 1 aromatic rings. The summed E-state index contributed by atoms with van der Waals surface area (Å²) >= 11 is 0. The van der Waals surface area contributed by atoms with Crippen LogP contribution < -0.4 is 5.32 Å². The molecule has 1 fully saturated rings. The van der Waals surface area contributed by atoms with Crippen LogP contribution in [0, 0.1) is 0 Å². The molecule has 6 nitrogen and oxygen atoms in total. The van der Waals surface area contributed by atoms with Gasteiger partial charge in [-0.3, -0.25) is 14.4 Å². The van der Waals surface area contributed by atoms with Gasteiger partial charge in [-0.1, -0.05) is 31.2 Å². The van der Waals surface area contributed by atoms with Gasteiger partial charge in [0.1, 0.15) is 6.04 Å². The van der Waals surface area contributed by atoms with Crippen molar-refractivity contribution in [3.63, 3.8) is 0 Å². The largest absolute Gasteiger partial charge is 0.354 e. The molecule has 0 radical (unpaired) electrons. The zero-order valence-corrected chi connectivity index (χ0v) is 15.4. The molecule has 0 saturated carbocycles. The number of carbonyl (C=O) groups is 3. The number of hydrogen-bond acceptors (Lipinski definition) is 3. The monoisotopic (exact) mass is 357 g/mol. The molecule has 0 aromatic heterocycles. The Bertz CT molecular complexity index is 689. The number of hydrogen-bond donors (Lipinski definition) is 1. The number of carbonyl (C=O) groups excluding carboxylic acids is 3. The highest BCUT2D eigenvalue weighted by Gasteiger charge is 2.34. The predicted octanol–water partition coefficient (Wildman–Crippen LogP) is 1.65. The van der Waals surface area contributed by atoms with Crippen molar-refractivity contribution >= 4 is 17.7 Å². The van der Waals surface area contributed by atoms with E-state index in [1.54, 1.807) is 4.90 Å². The summed E-state index contributed by atoms with van der Waals surface area (Å²) in [6, 6.07) is 7.30. The lowest BCUT2D eigenvalue weighted by Crippen LogP contribution is -2.47. The molecule has 1 saturated heterocycles. The number of benzene rings is 1. The van der Waals surface area contributed by atoms with Gasteiger partial charge in [-0.15, -0.1) is 0 Å². The Morgan fingerprint density at radius 1 is 1.19 bits per heavy atom. The fourth-order valence-electron chi connectivity index (χ4n) is 3.84. The second-order valence-corrected chi connectivity index (χ2v) is 6.92. The van der Waals surface area contributed by atoms with Gasteiger partial charge in [-0.2, -0.15) is 0 Å². The first-order chi connectivity index (χ1) is 12.6. The minimum absolute atomic E-state index is 0.00214. The van der Waals surface area contributed by atoms with E-state index in [9.17, 15) is 14.4 Å². The minimum atomic E-state index is -0.555. The normalized spacial score (nSPS) is 19.4. The third-order valence-electron chi connectivity index (χ3n) is 5.23. The molecule has 3 amide bonds. The van der Waals surface area contributed by atoms with Crippen LogP contribution in [0.1, 0.15) is 49.8 Å². The molecule has 1 aromatic carbocycles. The summed E-state index contributed by atoms with van der Waals surface area (Å²) in [7, 11) is 0. The molecule has 0 aliphatic carbocycles. The zero-order valence-electron chi connectivity index (χ0n) is 15.4. The standard InChI is InChI=1S/C20H27N3O3/c1-2-17(24)23-14-10-15-7-3-4-8-16(15)19(23)20(26)21-11-6-13-22-12-5-9-18(22)25/h3-4,7-8,19H,2,5-6,9-14H2,1H3,(H,21,26). The SMILES string of the molecule is CCC(=O)N1CCc2ccccc2C1C(=O)NCCCN1CCCC1=O. The van der Waals surface area contributed by atoms with Gasteiger partial charge in [-0.25, -0.2) is 0 Å². The average molecular weight is 357 g/mol. The van der Waals surface area contributed by atoms with Crippen LogP contribution in [-0.2, 0) is 20.8 Å². The van der Waals surface area contributed by atoms with Gasteiger partial charge < -0.3 is 15.1 Å². The first-order valence-electron chi connectivity index (χ1n) is 9.54. The van der Waals surface area contributed by atoms with Gasteiger partial charge in [0.2, 0.25) is 17.7 Å². The molecule has 2 aliphatic rings. The van der Waals surface area contributed by atoms with E-state index in [1.165, 1.54) is 0 Å². The van der Waals surface area contributed by atoms with Crippen LogP contribution in [0.25, 0.3) is 0 Å². The van der Waals surface area contributed by atoms with Crippen LogP contribution in [0.5, 0.6) is 0 Å². The number of amides is 3. The summed E-state index contributed by atoms with van der Waals surface area (Å²) in [6.07, 6.45) is 3.47. The minimum Gasteiger partial charge on any atom is -0.354 e. The predicted molar refractivity (Wildman–Crippen MR) is 98.3 cm³/mol. The lowest BCUT2D eigenvalue weighted by molar-refractivity contribution is -0.141. The molecule has 0 spiro atoms. The summed E-state index contributed by atoms with van der Waals surface area (Å²) in [5, 5.41) is 2.97. The van der Waals surface area contributed by atoms with E-state index in [4.69, 9.17) is 0 Å². The summed E-state index contributed by atoms with van der Waals surface area (Å²) in [6.45, 7) is 4.41. The molecule has 26 heavy (non-hydrogen) atoms. The maximum absolute atomic E-state index is 12.9. The first kappa shape index (κ1) is 18.4. The van der Waals surface area contributed by atoms with Gasteiger partial charge in [-0.05, 0) is 30.4 Å². The average Bonchev–Trinajstić information content (AvgIpc) is 3.08. The van der Waals surface area contributed by atoms with Gasteiger partial charge in [0.25, 0.3) is 0 Å². The Morgan fingerprint density at radius 2 is 2.00 bits per heavy atom. The van der Waals surface area contributed by atoms with Crippen molar-refractivity contribution in [2.24, 2.45) is 0 Å². The number of rotatable bonds is 6. The van der Waals surface area contributed by atoms with Crippen molar-refractivity contribution < 1.29 is 14.4 Å². The van der Waals surface area contributed by atoms with Crippen LogP contribution in [-0.4, -0.2) is 53.7 Å². The van der Waals surface area contributed by atoms with E-state index in [2.05, 4.69) is 5.32 Å². The van der Waals surface area contributed by atoms with Crippen molar-refractivity contribution in [1.82, 2.24) is 15.1 Å². The van der Waals surface area contributed by atoms with Crippen LogP contribution in [0.15, 0.2) is 24.3 Å². The van der Waals surface area contributed by atoms with Crippen LogP contribution >= 0.6 is 0 Å². The summed E-state index contributed by atoms with van der Waals surface area (Å²) in [5.41, 5.74) is 2.06. The summed E-state index contributed by atoms with van der Waals surface area (Å²) < 4.78 is 0. The van der Waals surface area contributed by atoms with Gasteiger partial charge in [0.05, 0.1) is 0 Å². The number of nitrogens with zero attached hydrogens (tertiary/aromatic N) is 2. The van der Waals surface area contributed by atoms with E-state index < -0.39 is 6.04 Å². The number of fused-ring (bicyclic) bond motifs is 1. The van der Waals surface area contributed by atoms with E-state index >= 15 is 0 Å². The third-order valence-corrected chi connectivity index (χ3v) is 5.23. The van der Waals surface area contributed by atoms with E-state index in [0.29, 0.717) is 32.5 Å². The molecule has 1 atom stereocenters. The highest BCUT2D eigenvalue weighted by molar-refractivity contribution is 5.89. The zero-order chi connectivity index (χ0) is 18.5. The molecule has 0 bridgehead atoms. The Hall–Kier alpha value is -2.37. The first-order valence-corrected chi connectivity index (χ1v) is 9.54. The van der Waals surface area contributed by atoms with Gasteiger partial charge in [0.15, 0.2) is 0 Å². The molecule has 2 aliphatic heterocycles. The van der Waals surface area contributed by atoms with Crippen molar-refractivity contribution in [2.45, 2.75) is 45.1 Å². The maximum Gasteiger partial charge on any atom is 0.247 e. The van der Waals surface area contributed by atoms with Crippen LogP contribution in [0.4, 0.5) is 0 Å². The van der Waals surface area contributed by atoms with Crippen LogP contribution in [0.2, 0.25) is 0 Å². The quantitative estimate of drug-likeness (QED) is 0.787. The third kappa shape index (κ3) is 3.89. The lowest BCUT2D eigenvalue weighted by atomic mass is 9.91. The smallest absolute Gasteiger partial charge is 0.247 e. The molecule has 6 heteroatoms. The maximum atomic E-state index is 12.9. The Kier molecular flexibility index (Phi) is 5.91. The highest BCUT2D eigenvalue weighted by Crippen LogP contribution is 2.30. The molecule has 3 rings (SSSR count).